The molecule has 0 aromatic carbocycles. The summed E-state index contributed by atoms with van der Waals surface area (Å²) >= 11 is 0. The van der Waals surface area contributed by atoms with Gasteiger partial charge in [0.2, 0.25) is 5.91 Å². The fourth-order valence-corrected chi connectivity index (χ4v) is 3.34. The van der Waals surface area contributed by atoms with Crippen molar-refractivity contribution in [2.45, 2.75) is 129 Å². The molecule has 0 saturated heterocycles. The number of hydrogen-bond donors (Lipinski definition) is 2. The molecule has 154 valence electrons. The maximum absolute atomic E-state index is 12.0. The molecule has 3 heteroatoms. The zero-order valence-corrected chi connectivity index (χ0v) is 17.8. The van der Waals surface area contributed by atoms with Crippen LogP contribution >= 0.6 is 0 Å². The predicted octanol–water partition coefficient (Wildman–Crippen LogP) is 6.30. The smallest absolute Gasteiger partial charge is 0.220 e. The molecule has 0 aliphatic carbocycles. The molecule has 0 fully saturated rings. The van der Waals surface area contributed by atoms with Crippen molar-refractivity contribution in [1.82, 2.24) is 5.32 Å². The van der Waals surface area contributed by atoms with Gasteiger partial charge in [0.15, 0.2) is 0 Å². The van der Waals surface area contributed by atoms with Crippen LogP contribution in [0.5, 0.6) is 0 Å². The molecule has 0 bridgehead atoms. The molecule has 0 heterocycles. The molecule has 3 nitrogen and oxygen atoms in total. The van der Waals surface area contributed by atoms with Gasteiger partial charge in [0.05, 0.1) is 12.1 Å². The van der Waals surface area contributed by atoms with Crippen LogP contribution in [0.1, 0.15) is 117 Å². The van der Waals surface area contributed by atoms with E-state index in [2.05, 4.69) is 12.2 Å². The molecule has 0 saturated carbocycles. The Morgan fingerprint density at radius 3 is 1.73 bits per heavy atom. The molecule has 0 aromatic rings. The average molecular weight is 368 g/mol. The zero-order chi connectivity index (χ0) is 19.5. The highest BCUT2D eigenvalue weighted by Crippen LogP contribution is 2.13. The van der Waals surface area contributed by atoms with E-state index in [-0.39, 0.29) is 11.9 Å². The van der Waals surface area contributed by atoms with Gasteiger partial charge in [0, 0.05) is 6.42 Å². The molecule has 0 radical (unpaired) electrons. The summed E-state index contributed by atoms with van der Waals surface area (Å²) in [5.74, 6) is 0.0727. The van der Waals surface area contributed by atoms with Crippen LogP contribution in [-0.4, -0.2) is 23.2 Å². The number of carbonyl (C=O) groups excluding carboxylic acids is 1. The van der Waals surface area contributed by atoms with Crippen molar-refractivity contribution >= 4 is 5.91 Å². The second kappa shape index (κ2) is 18.9. The zero-order valence-electron chi connectivity index (χ0n) is 17.8. The maximum Gasteiger partial charge on any atom is 0.220 e. The van der Waals surface area contributed by atoms with Crippen molar-refractivity contribution in [3.8, 4) is 0 Å². The van der Waals surface area contributed by atoms with Crippen LogP contribution in [0.2, 0.25) is 0 Å². The topological polar surface area (TPSA) is 49.3 Å². The Hall–Kier alpha value is -0.830. The van der Waals surface area contributed by atoms with Gasteiger partial charge in [-0.05, 0) is 19.8 Å². The Bertz CT molecular complexity index is 341. The van der Waals surface area contributed by atoms with Gasteiger partial charge in [0.1, 0.15) is 0 Å². The lowest BCUT2D eigenvalue weighted by Gasteiger charge is -2.20. The van der Waals surface area contributed by atoms with Gasteiger partial charge in [-0.2, -0.15) is 0 Å². The lowest BCUT2D eigenvalue weighted by atomic mass is 10.0. The van der Waals surface area contributed by atoms with Crippen molar-refractivity contribution in [2.24, 2.45) is 0 Å². The third-order valence-electron chi connectivity index (χ3n) is 5.10. The largest absolute Gasteiger partial charge is 0.387 e. The van der Waals surface area contributed by atoms with E-state index in [0.717, 1.165) is 19.3 Å². The minimum Gasteiger partial charge on any atom is -0.387 e. The van der Waals surface area contributed by atoms with E-state index in [1.54, 1.807) is 6.08 Å². The van der Waals surface area contributed by atoms with Gasteiger partial charge in [-0.1, -0.05) is 103 Å². The summed E-state index contributed by atoms with van der Waals surface area (Å²) in [5.41, 5.74) is 0. The highest BCUT2D eigenvalue weighted by atomic mass is 16.3. The number of hydrogen-bond acceptors (Lipinski definition) is 2. The molecule has 1 amide bonds. The fourth-order valence-electron chi connectivity index (χ4n) is 3.34. The van der Waals surface area contributed by atoms with E-state index >= 15 is 0 Å². The van der Waals surface area contributed by atoms with Crippen molar-refractivity contribution < 1.29 is 9.90 Å². The number of nitrogens with one attached hydrogen (secondary N) is 1. The summed E-state index contributed by atoms with van der Waals surface area (Å²) in [4.78, 5) is 12.0. The van der Waals surface area contributed by atoms with Gasteiger partial charge in [0.25, 0.3) is 0 Å². The molecule has 0 aliphatic rings. The summed E-state index contributed by atoms with van der Waals surface area (Å²) in [6, 6.07) is -0.166. The Balaban J connectivity index is 3.45. The predicted molar refractivity (Wildman–Crippen MR) is 113 cm³/mol. The summed E-state index contributed by atoms with van der Waals surface area (Å²) in [5, 5.41) is 12.9. The normalized spacial score (nSPS) is 13.8. The summed E-state index contributed by atoms with van der Waals surface area (Å²) in [7, 11) is 0. The number of aliphatic hydroxyl groups is 1. The number of amides is 1. The third-order valence-corrected chi connectivity index (χ3v) is 5.10. The Morgan fingerprint density at radius 2 is 1.31 bits per heavy atom. The highest BCUT2D eigenvalue weighted by Gasteiger charge is 2.16. The first-order chi connectivity index (χ1) is 12.7. The van der Waals surface area contributed by atoms with Crippen molar-refractivity contribution in [1.29, 1.82) is 0 Å². The standard InChI is InChI=1S/C23H45NO2/c1-4-7-8-9-10-11-12-13-14-15-16-17-18-20-23(26)24-21(6-3)22(25)19-5-2/h5,19,21-22,25H,4,6-18,20H2,1-3H3,(H,24,26)/b19-5+/t21-,22+/m0/s1. The van der Waals surface area contributed by atoms with E-state index in [4.69, 9.17) is 0 Å². The number of unbranched alkanes of at least 4 members (excludes halogenated alkanes) is 12. The first kappa shape index (κ1) is 25.2. The van der Waals surface area contributed by atoms with Crippen molar-refractivity contribution in [2.75, 3.05) is 0 Å². The van der Waals surface area contributed by atoms with Crippen LogP contribution in [0.3, 0.4) is 0 Å². The monoisotopic (exact) mass is 367 g/mol. The van der Waals surface area contributed by atoms with E-state index in [1.165, 1.54) is 70.6 Å². The number of carbonyl (C=O) groups is 1. The minimum absolute atomic E-state index is 0.0727. The van der Waals surface area contributed by atoms with Gasteiger partial charge in [-0.15, -0.1) is 0 Å². The number of rotatable bonds is 18. The maximum atomic E-state index is 12.0. The third kappa shape index (κ3) is 15.4. The second-order valence-electron chi connectivity index (χ2n) is 7.59. The van der Waals surface area contributed by atoms with Crippen LogP contribution in [0.25, 0.3) is 0 Å². The lowest BCUT2D eigenvalue weighted by molar-refractivity contribution is -0.122. The first-order valence-corrected chi connectivity index (χ1v) is 11.3. The molecule has 0 unspecified atom stereocenters. The Morgan fingerprint density at radius 1 is 0.846 bits per heavy atom. The Labute approximate surface area is 163 Å². The molecule has 2 atom stereocenters. The van der Waals surface area contributed by atoms with Crippen LogP contribution in [0.15, 0.2) is 12.2 Å². The quantitative estimate of drug-likeness (QED) is 0.221. The van der Waals surface area contributed by atoms with E-state index in [0.29, 0.717) is 6.42 Å². The SMILES string of the molecule is C/C=C/[C@@H](O)[C@H](CC)NC(=O)CCCCCCCCCCCCCCC. The molecule has 0 rings (SSSR count). The van der Waals surface area contributed by atoms with Crippen LogP contribution < -0.4 is 5.32 Å². The average Bonchev–Trinajstić information content (AvgIpc) is 2.63. The summed E-state index contributed by atoms with van der Waals surface area (Å²) < 4.78 is 0. The van der Waals surface area contributed by atoms with Gasteiger partial charge in [-0.3, -0.25) is 4.79 Å². The van der Waals surface area contributed by atoms with Crippen LogP contribution in [0.4, 0.5) is 0 Å². The molecule has 2 N–H and O–H groups in total. The second-order valence-corrected chi connectivity index (χ2v) is 7.59. The van der Waals surface area contributed by atoms with Crippen LogP contribution in [0, 0.1) is 0 Å². The lowest BCUT2D eigenvalue weighted by Crippen LogP contribution is -2.42. The van der Waals surface area contributed by atoms with Crippen molar-refractivity contribution in [3.63, 3.8) is 0 Å². The molecule has 0 aliphatic heterocycles. The number of aliphatic hydroxyl groups excluding tert-OH is 1. The van der Waals surface area contributed by atoms with Crippen molar-refractivity contribution in [3.05, 3.63) is 12.2 Å². The van der Waals surface area contributed by atoms with Gasteiger partial charge < -0.3 is 10.4 Å². The van der Waals surface area contributed by atoms with Gasteiger partial charge in [-0.25, -0.2) is 0 Å². The van der Waals surface area contributed by atoms with E-state index in [9.17, 15) is 9.90 Å². The molecular formula is C23H45NO2. The van der Waals surface area contributed by atoms with Crippen LogP contribution in [-0.2, 0) is 4.79 Å². The first-order valence-electron chi connectivity index (χ1n) is 11.3. The van der Waals surface area contributed by atoms with E-state index < -0.39 is 6.10 Å². The number of allylic oxidation sites excluding steroid dienone is 1. The Kier molecular flexibility index (Phi) is 18.3. The minimum atomic E-state index is -0.583. The highest BCUT2D eigenvalue weighted by molar-refractivity contribution is 5.76. The molecule has 0 spiro atoms. The molecule has 0 aromatic heterocycles. The molecular weight excluding hydrogens is 322 g/mol. The fraction of sp³-hybridized carbons (Fsp3) is 0.870. The molecule has 26 heavy (non-hydrogen) atoms. The van der Waals surface area contributed by atoms with Gasteiger partial charge >= 0.3 is 0 Å². The summed E-state index contributed by atoms with van der Waals surface area (Å²) in [6.45, 7) is 6.14. The summed E-state index contributed by atoms with van der Waals surface area (Å²) in [6.07, 6.45) is 21.4. The van der Waals surface area contributed by atoms with E-state index in [1.807, 2.05) is 19.9 Å².